The van der Waals surface area contributed by atoms with Gasteiger partial charge in [0, 0.05) is 16.1 Å². The van der Waals surface area contributed by atoms with Crippen molar-refractivity contribution >= 4 is 46.3 Å². The zero-order valence-corrected chi connectivity index (χ0v) is 16.2. The van der Waals surface area contributed by atoms with Gasteiger partial charge in [0.15, 0.2) is 5.78 Å². The number of benzene rings is 2. The van der Waals surface area contributed by atoms with Gasteiger partial charge in [-0.1, -0.05) is 23.1 Å². The molecule has 0 atom stereocenters. The Morgan fingerprint density at radius 1 is 1.22 bits per heavy atom. The Labute approximate surface area is 164 Å². The fourth-order valence-electron chi connectivity index (χ4n) is 2.36. The normalized spacial score (nSPS) is 11.5. The van der Waals surface area contributed by atoms with E-state index in [0.29, 0.717) is 22.9 Å². The van der Waals surface area contributed by atoms with Crippen molar-refractivity contribution < 1.29 is 9.18 Å². The van der Waals surface area contributed by atoms with Gasteiger partial charge in [-0.05, 0) is 62.4 Å². The quantitative estimate of drug-likeness (QED) is 0.368. The Morgan fingerprint density at radius 2 is 1.93 bits per heavy atom. The van der Waals surface area contributed by atoms with Crippen LogP contribution in [0.5, 0.6) is 0 Å². The lowest BCUT2D eigenvalue weighted by molar-refractivity contribution is 0.101. The number of carbonyl (C=O) groups is 1. The number of ketones is 1. The van der Waals surface area contributed by atoms with Crippen molar-refractivity contribution in [2.75, 3.05) is 5.32 Å². The predicted molar refractivity (Wildman–Crippen MR) is 107 cm³/mol. The Balaban J connectivity index is 2.04. The summed E-state index contributed by atoms with van der Waals surface area (Å²) in [6.45, 7) is 3.39. The number of Topliss-reactive ketones (excluding diaryl/α,β-unsaturated/α-hetero) is 1. The number of anilines is 1. The molecule has 0 aliphatic rings. The number of nitrogens with one attached hydrogen (secondary N) is 2. The third-order valence-corrected chi connectivity index (χ3v) is 4.93. The Kier molecular flexibility index (Phi) is 5.53. The molecule has 5 nitrogen and oxygen atoms in total. The van der Waals surface area contributed by atoms with Crippen molar-refractivity contribution in [2.45, 2.75) is 13.8 Å². The molecule has 1 heterocycles. The molecule has 0 fully saturated rings. The van der Waals surface area contributed by atoms with Crippen molar-refractivity contribution in [3.63, 3.8) is 0 Å². The molecule has 3 rings (SSSR count). The highest BCUT2D eigenvalue weighted by atomic mass is 35.5. The molecule has 27 heavy (non-hydrogen) atoms. The minimum Gasteiger partial charge on any atom is -0.325 e. The molecule has 0 bridgehead atoms. The average molecular weight is 403 g/mol. The third-order valence-electron chi connectivity index (χ3n) is 3.67. The van der Waals surface area contributed by atoms with E-state index in [4.69, 9.17) is 17.0 Å². The van der Waals surface area contributed by atoms with Gasteiger partial charge < -0.3 is 5.32 Å². The molecule has 1 aromatic heterocycles. The highest BCUT2D eigenvalue weighted by Gasteiger charge is 2.10. The number of hydrogen-bond acceptors (Lipinski definition) is 4. The van der Waals surface area contributed by atoms with Crippen molar-refractivity contribution in [3.8, 4) is 0 Å². The van der Waals surface area contributed by atoms with Gasteiger partial charge in [0.05, 0.1) is 10.7 Å². The van der Waals surface area contributed by atoms with Crippen LogP contribution >= 0.6 is 23.1 Å². The van der Waals surface area contributed by atoms with E-state index in [9.17, 15) is 9.18 Å². The zero-order valence-electron chi connectivity index (χ0n) is 14.6. The minimum absolute atomic E-state index is 0.0229. The first-order valence-electron chi connectivity index (χ1n) is 8.00. The summed E-state index contributed by atoms with van der Waals surface area (Å²) in [6.07, 6.45) is 0. The Hall–Kier alpha value is -2.77. The maximum atomic E-state index is 13.3. The zero-order chi connectivity index (χ0) is 19.6. The van der Waals surface area contributed by atoms with Crippen LogP contribution in [-0.2, 0) is 0 Å². The van der Waals surface area contributed by atoms with Gasteiger partial charge in [0.2, 0.25) is 5.96 Å². The Morgan fingerprint density at radius 3 is 2.48 bits per heavy atom. The van der Waals surface area contributed by atoms with Gasteiger partial charge in [0.1, 0.15) is 11.3 Å². The van der Waals surface area contributed by atoms with Gasteiger partial charge in [-0.25, -0.2) is 13.3 Å². The summed E-state index contributed by atoms with van der Waals surface area (Å²) in [5.41, 5.74) is 1.91. The first-order valence-corrected chi connectivity index (χ1v) is 9.15. The molecule has 0 radical (unpaired) electrons. The van der Waals surface area contributed by atoms with Crippen LogP contribution in [0.4, 0.5) is 15.8 Å². The molecule has 2 N–H and O–H groups in total. The number of nitrogens with zero attached hydrogens (tertiary/aromatic N) is 2. The highest BCUT2D eigenvalue weighted by molar-refractivity contribution is 7.07. The molecule has 0 aliphatic carbocycles. The third kappa shape index (κ3) is 4.50. The van der Waals surface area contributed by atoms with Crippen LogP contribution in [0.15, 0.2) is 53.5 Å². The van der Waals surface area contributed by atoms with Gasteiger partial charge in [0.25, 0.3) is 0 Å². The van der Waals surface area contributed by atoms with Crippen molar-refractivity contribution in [1.82, 2.24) is 3.96 Å². The molecule has 0 amide bonds. The van der Waals surface area contributed by atoms with Crippen LogP contribution in [0.25, 0.3) is 0 Å². The standard InChI is InChI=1S/C19H16ClFN4OS/c1-11-9-18(22)25(27-11)19(24-17-8-5-14(21)10-16(17)20)23-15-6-3-13(4-7-15)12(2)26/h3-10,22H,1-2H3,(H,23,24). The molecule has 8 heteroatoms. The molecule has 0 saturated heterocycles. The summed E-state index contributed by atoms with van der Waals surface area (Å²) >= 11 is 7.44. The van der Waals surface area contributed by atoms with Crippen LogP contribution in [0, 0.1) is 18.2 Å². The molecule has 0 aliphatic heterocycles. The van der Waals surface area contributed by atoms with E-state index in [-0.39, 0.29) is 16.3 Å². The summed E-state index contributed by atoms with van der Waals surface area (Å²) < 4.78 is 14.9. The fraction of sp³-hybridized carbons (Fsp3) is 0.105. The largest absolute Gasteiger partial charge is 0.325 e. The number of aliphatic imine (C=N–C) groups is 1. The summed E-state index contributed by atoms with van der Waals surface area (Å²) in [5, 5.41) is 11.5. The van der Waals surface area contributed by atoms with Crippen LogP contribution in [0.2, 0.25) is 5.02 Å². The van der Waals surface area contributed by atoms with E-state index in [0.717, 1.165) is 4.88 Å². The maximum Gasteiger partial charge on any atom is 0.223 e. The lowest BCUT2D eigenvalue weighted by atomic mass is 10.1. The summed E-state index contributed by atoms with van der Waals surface area (Å²) in [5.74, 6) is -0.124. The van der Waals surface area contributed by atoms with E-state index in [1.807, 2.05) is 6.92 Å². The second-order valence-electron chi connectivity index (χ2n) is 5.82. The lowest BCUT2D eigenvalue weighted by Gasteiger charge is -2.11. The lowest BCUT2D eigenvalue weighted by Crippen LogP contribution is -2.28. The number of rotatable bonds is 3. The summed E-state index contributed by atoms with van der Waals surface area (Å²) in [4.78, 5) is 16.9. The van der Waals surface area contributed by atoms with Gasteiger partial charge in [-0.2, -0.15) is 0 Å². The number of hydrogen-bond donors (Lipinski definition) is 2. The summed E-state index contributed by atoms with van der Waals surface area (Å²) in [6, 6.07) is 12.6. The predicted octanol–water partition coefficient (Wildman–Crippen LogP) is 4.98. The molecular formula is C19H16ClFN4OS. The molecule has 0 spiro atoms. The van der Waals surface area contributed by atoms with Gasteiger partial charge in [-0.3, -0.25) is 10.2 Å². The van der Waals surface area contributed by atoms with Crippen molar-refractivity contribution in [2.24, 2.45) is 4.99 Å². The first-order chi connectivity index (χ1) is 12.8. The molecule has 0 unspecified atom stereocenters. The van der Waals surface area contributed by atoms with Crippen molar-refractivity contribution in [1.29, 1.82) is 5.41 Å². The van der Waals surface area contributed by atoms with E-state index in [2.05, 4.69) is 10.3 Å². The second-order valence-corrected chi connectivity index (χ2v) is 7.41. The SMILES string of the molecule is CC(=O)c1ccc(NC(=Nc2ccc(F)cc2Cl)n2sc(C)cc2=N)cc1. The van der Waals surface area contributed by atoms with Gasteiger partial charge >= 0.3 is 0 Å². The molecular weight excluding hydrogens is 387 g/mol. The molecule has 138 valence electrons. The first kappa shape index (κ1) is 19.0. The van der Waals surface area contributed by atoms with Crippen LogP contribution in [0.1, 0.15) is 22.2 Å². The fourth-order valence-corrected chi connectivity index (χ4v) is 3.34. The maximum absolute atomic E-state index is 13.3. The van der Waals surface area contributed by atoms with Gasteiger partial charge in [-0.15, -0.1) is 0 Å². The minimum atomic E-state index is -0.450. The van der Waals surface area contributed by atoms with Crippen molar-refractivity contribution in [3.05, 3.63) is 75.3 Å². The topological polar surface area (TPSA) is 70.2 Å². The number of halogens is 2. The Bertz CT molecular complexity index is 1090. The van der Waals surface area contributed by atoms with E-state index in [1.54, 1.807) is 34.3 Å². The van der Waals surface area contributed by atoms with E-state index >= 15 is 0 Å². The smallest absolute Gasteiger partial charge is 0.223 e. The van der Waals surface area contributed by atoms with E-state index in [1.165, 1.54) is 36.7 Å². The number of aromatic nitrogens is 1. The monoisotopic (exact) mass is 402 g/mol. The highest BCUT2D eigenvalue weighted by Crippen LogP contribution is 2.26. The molecule has 2 aromatic carbocycles. The van der Waals surface area contributed by atoms with Crippen LogP contribution in [-0.4, -0.2) is 15.7 Å². The van der Waals surface area contributed by atoms with Crippen LogP contribution < -0.4 is 10.8 Å². The van der Waals surface area contributed by atoms with Crippen LogP contribution in [0.3, 0.4) is 0 Å². The van der Waals surface area contributed by atoms with E-state index < -0.39 is 5.82 Å². The number of carbonyl (C=O) groups excluding carboxylic acids is 1. The molecule has 0 saturated carbocycles. The number of aryl methyl sites for hydroxylation is 1. The second kappa shape index (κ2) is 7.85. The average Bonchev–Trinajstić information content (AvgIpc) is 2.95. The summed E-state index contributed by atoms with van der Waals surface area (Å²) in [7, 11) is 0. The molecule has 3 aromatic rings.